The number of hydrogen-bond donors (Lipinski definition) is 3. The SMILES string of the molecule is Cc1nc(CCNC(=O)NC2COCC2C(=O)O)cs1. The maximum Gasteiger partial charge on any atom is 0.315 e. The Morgan fingerprint density at radius 3 is 3.00 bits per heavy atom. The molecule has 1 fully saturated rings. The Labute approximate surface area is 120 Å². The van der Waals surface area contributed by atoms with Gasteiger partial charge in [-0.2, -0.15) is 0 Å². The molecule has 0 aromatic carbocycles. The molecule has 110 valence electrons. The van der Waals surface area contributed by atoms with Crippen LogP contribution in [-0.4, -0.2) is 47.9 Å². The van der Waals surface area contributed by atoms with E-state index in [1.54, 1.807) is 11.3 Å². The fraction of sp³-hybridized carbons (Fsp3) is 0.583. The lowest BCUT2D eigenvalue weighted by atomic mass is 10.0. The Morgan fingerprint density at radius 1 is 1.55 bits per heavy atom. The van der Waals surface area contributed by atoms with Crippen molar-refractivity contribution < 1.29 is 19.4 Å². The van der Waals surface area contributed by atoms with Crippen LogP contribution >= 0.6 is 11.3 Å². The van der Waals surface area contributed by atoms with Crippen LogP contribution in [0.2, 0.25) is 0 Å². The van der Waals surface area contributed by atoms with E-state index >= 15 is 0 Å². The lowest BCUT2D eigenvalue weighted by Gasteiger charge is -2.16. The van der Waals surface area contributed by atoms with E-state index in [0.717, 1.165) is 10.7 Å². The zero-order valence-electron chi connectivity index (χ0n) is 11.1. The highest BCUT2D eigenvalue weighted by Crippen LogP contribution is 2.13. The first kappa shape index (κ1) is 14.7. The van der Waals surface area contributed by atoms with Gasteiger partial charge in [-0.1, -0.05) is 0 Å². The lowest BCUT2D eigenvalue weighted by molar-refractivity contribution is -0.142. The minimum atomic E-state index is -0.953. The molecule has 2 amide bonds. The number of urea groups is 1. The quantitative estimate of drug-likeness (QED) is 0.730. The predicted octanol–water partition coefficient (Wildman–Crippen LogP) is 0.393. The van der Waals surface area contributed by atoms with Gasteiger partial charge in [0.1, 0.15) is 5.92 Å². The molecule has 20 heavy (non-hydrogen) atoms. The Kier molecular flexibility index (Phi) is 4.91. The van der Waals surface area contributed by atoms with Crippen molar-refractivity contribution in [2.75, 3.05) is 19.8 Å². The summed E-state index contributed by atoms with van der Waals surface area (Å²) in [4.78, 5) is 26.9. The number of aliphatic carboxylic acids is 1. The highest BCUT2D eigenvalue weighted by molar-refractivity contribution is 7.09. The van der Waals surface area contributed by atoms with Crippen molar-refractivity contribution in [1.29, 1.82) is 0 Å². The van der Waals surface area contributed by atoms with Crippen LogP contribution in [0.1, 0.15) is 10.7 Å². The zero-order valence-corrected chi connectivity index (χ0v) is 11.9. The third-order valence-electron chi connectivity index (χ3n) is 3.05. The number of thiazole rings is 1. The van der Waals surface area contributed by atoms with Crippen LogP contribution in [0.25, 0.3) is 0 Å². The van der Waals surface area contributed by atoms with Gasteiger partial charge in [-0.05, 0) is 6.92 Å². The normalized spacial score (nSPS) is 21.6. The maximum atomic E-state index is 11.7. The third-order valence-corrected chi connectivity index (χ3v) is 3.87. The molecule has 2 rings (SSSR count). The molecule has 2 atom stereocenters. The van der Waals surface area contributed by atoms with E-state index in [2.05, 4.69) is 15.6 Å². The number of carboxylic acids is 1. The van der Waals surface area contributed by atoms with Crippen molar-refractivity contribution in [2.24, 2.45) is 5.92 Å². The number of ether oxygens (including phenoxy) is 1. The van der Waals surface area contributed by atoms with E-state index in [0.29, 0.717) is 13.0 Å². The minimum Gasteiger partial charge on any atom is -0.481 e. The molecule has 8 heteroatoms. The van der Waals surface area contributed by atoms with Crippen LogP contribution in [0.3, 0.4) is 0 Å². The van der Waals surface area contributed by atoms with E-state index < -0.39 is 17.9 Å². The standard InChI is InChI=1S/C12H17N3O4S/c1-7-14-8(6-20-7)2-3-13-12(18)15-10-5-19-4-9(10)11(16)17/h6,9-10H,2-5H2,1H3,(H,16,17)(H2,13,15,18). The molecule has 2 unspecified atom stereocenters. The predicted molar refractivity (Wildman–Crippen MR) is 72.8 cm³/mol. The highest BCUT2D eigenvalue weighted by Gasteiger charge is 2.34. The Hall–Kier alpha value is -1.67. The second-order valence-electron chi connectivity index (χ2n) is 4.60. The maximum absolute atomic E-state index is 11.7. The fourth-order valence-corrected chi connectivity index (χ4v) is 2.63. The molecule has 2 heterocycles. The van der Waals surface area contributed by atoms with Gasteiger partial charge in [-0.25, -0.2) is 9.78 Å². The first-order valence-electron chi connectivity index (χ1n) is 6.32. The number of rotatable bonds is 5. The molecular weight excluding hydrogens is 282 g/mol. The molecule has 0 saturated carbocycles. The molecule has 1 aliphatic rings. The summed E-state index contributed by atoms with van der Waals surface area (Å²) in [5.41, 5.74) is 0.945. The molecule has 0 aliphatic carbocycles. The van der Waals surface area contributed by atoms with Crippen LogP contribution in [0.4, 0.5) is 4.79 Å². The highest BCUT2D eigenvalue weighted by atomic mass is 32.1. The Bertz CT molecular complexity index is 491. The van der Waals surface area contributed by atoms with Crippen LogP contribution in [-0.2, 0) is 16.0 Å². The van der Waals surface area contributed by atoms with E-state index in [1.165, 1.54) is 0 Å². The molecule has 1 aliphatic heterocycles. The molecule has 1 aromatic heterocycles. The molecule has 7 nitrogen and oxygen atoms in total. The van der Waals surface area contributed by atoms with E-state index in [9.17, 15) is 9.59 Å². The summed E-state index contributed by atoms with van der Waals surface area (Å²) in [7, 11) is 0. The molecule has 1 aromatic rings. The number of nitrogens with zero attached hydrogens (tertiary/aromatic N) is 1. The van der Waals surface area contributed by atoms with Crippen LogP contribution in [0.15, 0.2) is 5.38 Å². The average molecular weight is 299 g/mol. The summed E-state index contributed by atoms with van der Waals surface area (Å²) in [5, 5.41) is 17.2. The summed E-state index contributed by atoms with van der Waals surface area (Å²) in [6.45, 7) is 2.76. The summed E-state index contributed by atoms with van der Waals surface area (Å²) in [6, 6.07) is -0.854. The van der Waals surface area contributed by atoms with E-state index in [-0.39, 0.29) is 19.2 Å². The largest absolute Gasteiger partial charge is 0.481 e. The Balaban J connectivity index is 1.71. The second kappa shape index (κ2) is 6.67. The van der Waals surface area contributed by atoms with Crippen LogP contribution < -0.4 is 10.6 Å². The zero-order chi connectivity index (χ0) is 14.5. The molecule has 0 radical (unpaired) electrons. The van der Waals surface area contributed by atoms with E-state index in [1.807, 2.05) is 12.3 Å². The van der Waals surface area contributed by atoms with Gasteiger partial charge >= 0.3 is 12.0 Å². The van der Waals surface area contributed by atoms with Gasteiger partial charge in [0.2, 0.25) is 0 Å². The minimum absolute atomic E-state index is 0.137. The number of aromatic nitrogens is 1. The van der Waals surface area contributed by atoms with Gasteiger partial charge in [-0.15, -0.1) is 11.3 Å². The third kappa shape index (κ3) is 3.91. The molecule has 0 bridgehead atoms. The van der Waals surface area contributed by atoms with Crippen molar-refractivity contribution >= 4 is 23.3 Å². The topological polar surface area (TPSA) is 101 Å². The number of hydrogen-bond acceptors (Lipinski definition) is 5. The number of carboxylic acid groups (broad SMARTS) is 1. The van der Waals surface area contributed by atoms with Gasteiger partial charge < -0.3 is 20.5 Å². The van der Waals surface area contributed by atoms with Gasteiger partial charge in [0.05, 0.1) is 30.0 Å². The van der Waals surface area contributed by atoms with Crippen molar-refractivity contribution in [1.82, 2.24) is 15.6 Å². The average Bonchev–Trinajstić information content (AvgIpc) is 2.98. The summed E-state index contributed by atoms with van der Waals surface area (Å²) < 4.78 is 5.08. The number of carbonyl (C=O) groups excluding carboxylic acids is 1. The first-order chi connectivity index (χ1) is 9.56. The summed E-state index contributed by atoms with van der Waals surface area (Å²) in [5.74, 6) is -1.63. The molecule has 0 spiro atoms. The number of nitrogens with one attached hydrogen (secondary N) is 2. The van der Waals surface area contributed by atoms with Crippen molar-refractivity contribution in [3.05, 3.63) is 16.1 Å². The summed E-state index contributed by atoms with van der Waals surface area (Å²) in [6.07, 6.45) is 0.654. The van der Waals surface area contributed by atoms with Crippen molar-refractivity contribution in [3.63, 3.8) is 0 Å². The molecule has 3 N–H and O–H groups in total. The van der Waals surface area contributed by atoms with Crippen LogP contribution in [0, 0.1) is 12.8 Å². The smallest absolute Gasteiger partial charge is 0.315 e. The molecular formula is C12H17N3O4S. The Morgan fingerprint density at radius 2 is 2.35 bits per heavy atom. The van der Waals surface area contributed by atoms with Crippen molar-refractivity contribution in [3.8, 4) is 0 Å². The summed E-state index contributed by atoms with van der Waals surface area (Å²) >= 11 is 1.57. The monoisotopic (exact) mass is 299 g/mol. The number of aryl methyl sites for hydroxylation is 1. The lowest BCUT2D eigenvalue weighted by Crippen LogP contribution is -2.47. The fourth-order valence-electron chi connectivity index (χ4n) is 1.99. The first-order valence-corrected chi connectivity index (χ1v) is 7.20. The van der Waals surface area contributed by atoms with Gasteiger partial charge in [0, 0.05) is 18.3 Å². The molecule has 1 saturated heterocycles. The second-order valence-corrected chi connectivity index (χ2v) is 5.66. The van der Waals surface area contributed by atoms with Crippen molar-refractivity contribution in [2.45, 2.75) is 19.4 Å². The van der Waals surface area contributed by atoms with Gasteiger partial charge in [0.25, 0.3) is 0 Å². The van der Waals surface area contributed by atoms with Gasteiger partial charge in [-0.3, -0.25) is 4.79 Å². The number of amides is 2. The number of carbonyl (C=O) groups is 2. The van der Waals surface area contributed by atoms with Gasteiger partial charge in [0.15, 0.2) is 0 Å². The van der Waals surface area contributed by atoms with E-state index in [4.69, 9.17) is 9.84 Å². The van der Waals surface area contributed by atoms with Crippen LogP contribution in [0.5, 0.6) is 0 Å².